The van der Waals surface area contributed by atoms with Crippen LogP contribution in [-0.4, -0.2) is 80.7 Å². The maximum absolute atomic E-state index is 13.2. The molecule has 2 heterocycles. The monoisotopic (exact) mass is 482 g/mol. The Bertz CT molecular complexity index is 1160. The van der Waals surface area contributed by atoms with Crippen molar-refractivity contribution in [3.63, 3.8) is 0 Å². The molecule has 1 N–H and O–H groups in total. The van der Waals surface area contributed by atoms with Gasteiger partial charge in [0.15, 0.2) is 23.0 Å². The van der Waals surface area contributed by atoms with Gasteiger partial charge in [0, 0.05) is 18.7 Å². The van der Waals surface area contributed by atoms with E-state index < -0.39 is 17.7 Å². The lowest BCUT2D eigenvalue weighted by molar-refractivity contribution is -0.140. The second-order valence-corrected chi connectivity index (χ2v) is 8.50. The molecule has 0 unspecified atom stereocenters. The number of hydrogen-bond donors (Lipinski definition) is 1. The first kappa shape index (κ1) is 24.4. The van der Waals surface area contributed by atoms with Crippen LogP contribution in [0.4, 0.5) is 0 Å². The Balaban J connectivity index is 1.84. The van der Waals surface area contributed by atoms with E-state index in [0.29, 0.717) is 67.0 Å². The Morgan fingerprint density at radius 1 is 1.09 bits per heavy atom. The van der Waals surface area contributed by atoms with Crippen LogP contribution >= 0.6 is 0 Å². The van der Waals surface area contributed by atoms with Gasteiger partial charge in [-0.15, -0.1) is 0 Å². The lowest BCUT2D eigenvalue weighted by Gasteiger charge is -2.27. The summed E-state index contributed by atoms with van der Waals surface area (Å²) < 4.78 is 22.3. The summed E-state index contributed by atoms with van der Waals surface area (Å²) in [4.78, 5) is 29.8. The first-order chi connectivity index (χ1) is 16.8. The first-order valence-electron chi connectivity index (χ1n) is 11.5. The van der Waals surface area contributed by atoms with Crippen LogP contribution in [0.25, 0.3) is 5.76 Å². The highest BCUT2D eigenvalue weighted by Crippen LogP contribution is 2.43. The van der Waals surface area contributed by atoms with Crippen LogP contribution < -0.4 is 18.9 Å². The van der Waals surface area contributed by atoms with E-state index in [9.17, 15) is 14.7 Å². The second-order valence-electron chi connectivity index (χ2n) is 8.50. The summed E-state index contributed by atoms with van der Waals surface area (Å²) in [7, 11) is 5.31. The molecule has 0 saturated carbocycles. The van der Waals surface area contributed by atoms with E-state index in [1.165, 1.54) is 12.0 Å². The van der Waals surface area contributed by atoms with Crippen molar-refractivity contribution in [2.45, 2.75) is 13.0 Å². The van der Waals surface area contributed by atoms with Crippen molar-refractivity contribution in [3.05, 3.63) is 53.1 Å². The zero-order chi connectivity index (χ0) is 25.1. The van der Waals surface area contributed by atoms with Crippen molar-refractivity contribution in [3.8, 4) is 23.0 Å². The molecule has 1 atom stereocenters. The zero-order valence-electron chi connectivity index (χ0n) is 20.4. The molecule has 1 fully saturated rings. The third kappa shape index (κ3) is 4.77. The molecule has 4 rings (SSSR count). The molecule has 2 aliphatic heterocycles. The number of likely N-dealkylation sites (N-methyl/N-ethyl adjacent to an activating group) is 1. The molecule has 1 saturated heterocycles. The van der Waals surface area contributed by atoms with E-state index in [2.05, 4.69) is 0 Å². The minimum Gasteiger partial charge on any atom is -0.507 e. The number of rotatable bonds is 8. The molecule has 9 heteroatoms. The number of likely N-dealkylation sites (tertiary alicyclic amines) is 1. The molecule has 0 aliphatic carbocycles. The molecule has 2 aromatic rings. The van der Waals surface area contributed by atoms with Gasteiger partial charge >= 0.3 is 0 Å². The fraction of sp³-hybridized carbons (Fsp3) is 0.385. The van der Waals surface area contributed by atoms with Crippen molar-refractivity contribution in [1.29, 1.82) is 0 Å². The van der Waals surface area contributed by atoms with Crippen LogP contribution in [0.15, 0.2) is 42.0 Å². The predicted octanol–water partition coefficient (Wildman–Crippen LogP) is 2.85. The molecule has 9 nitrogen and oxygen atoms in total. The van der Waals surface area contributed by atoms with E-state index in [0.717, 1.165) is 0 Å². The zero-order valence-corrected chi connectivity index (χ0v) is 20.4. The molecule has 0 spiro atoms. The Kier molecular flexibility index (Phi) is 7.16. The Labute approximate surface area is 204 Å². The van der Waals surface area contributed by atoms with Gasteiger partial charge in [0.25, 0.3) is 11.7 Å². The predicted molar refractivity (Wildman–Crippen MR) is 129 cm³/mol. The summed E-state index contributed by atoms with van der Waals surface area (Å²) in [5.74, 6) is 0.384. The topological polar surface area (TPSA) is 97.8 Å². The standard InChI is InChI=1S/C26H30N2O7/c1-5-33-18-8-6-16(14-20(18)32-4)23-22(25(30)26(31)28(23)11-10-27(2)3)24(29)17-7-9-19-21(15-17)35-13-12-34-19/h6-9,14-15,23,29H,5,10-13H2,1-4H3/b24-22+/t23-/m1/s1. The van der Waals surface area contributed by atoms with Crippen molar-refractivity contribution in [2.24, 2.45) is 0 Å². The van der Waals surface area contributed by atoms with Gasteiger partial charge in [-0.1, -0.05) is 6.07 Å². The number of carbonyl (C=O) groups excluding carboxylic acids is 2. The number of Topliss-reactive ketones (excluding diaryl/α,β-unsaturated/α-hetero) is 1. The van der Waals surface area contributed by atoms with Crippen molar-refractivity contribution in [2.75, 3.05) is 54.1 Å². The quantitative estimate of drug-likeness (QED) is 0.349. The molecule has 0 aromatic heterocycles. The van der Waals surface area contributed by atoms with Crippen LogP contribution in [0.2, 0.25) is 0 Å². The highest BCUT2D eigenvalue weighted by molar-refractivity contribution is 6.46. The third-order valence-corrected chi connectivity index (χ3v) is 5.95. The van der Waals surface area contributed by atoms with Crippen molar-refractivity contribution < 1.29 is 33.6 Å². The van der Waals surface area contributed by atoms with Gasteiger partial charge in [0.05, 0.1) is 25.3 Å². The van der Waals surface area contributed by atoms with Crippen molar-refractivity contribution >= 4 is 17.4 Å². The minimum absolute atomic E-state index is 0.0108. The largest absolute Gasteiger partial charge is 0.507 e. The van der Waals surface area contributed by atoms with Gasteiger partial charge in [-0.25, -0.2) is 0 Å². The second kappa shape index (κ2) is 10.3. The van der Waals surface area contributed by atoms with E-state index in [1.54, 1.807) is 36.4 Å². The normalized spacial score (nSPS) is 18.8. The molecule has 1 amide bonds. The molecular weight excluding hydrogens is 452 g/mol. The summed E-state index contributed by atoms with van der Waals surface area (Å²) in [5.41, 5.74) is 1.00. The minimum atomic E-state index is -0.798. The number of methoxy groups -OCH3 is 1. The number of ketones is 1. The molecule has 2 aromatic carbocycles. The molecule has 186 valence electrons. The van der Waals surface area contributed by atoms with Crippen LogP contribution in [0.5, 0.6) is 23.0 Å². The number of nitrogens with zero attached hydrogens (tertiary/aromatic N) is 2. The maximum atomic E-state index is 13.2. The average molecular weight is 483 g/mol. The smallest absolute Gasteiger partial charge is 0.295 e. The lowest BCUT2D eigenvalue weighted by Crippen LogP contribution is -2.35. The molecule has 0 radical (unpaired) electrons. The van der Waals surface area contributed by atoms with Crippen molar-refractivity contribution in [1.82, 2.24) is 9.80 Å². The summed E-state index contributed by atoms with van der Waals surface area (Å²) in [6.07, 6.45) is 0. The van der Waals surface area contributed by atoms with Gasteiger partial charge in [-0.3, -0.25) is 9.59 Å². The molecule has 35 heavy (non-hydrogen) atoms. The Morgan fingerprint density at radius 2 is 1.83 bits per heavy atom. The average Bonchev–Trinajstić information content (AvgIpc) is 3.12. The number of amides is 1. The Hall–Kier alpha value is -3.72. The number of ether oxygens (including phenoxy) is 4. The number of benzene rings is 2. The van der Waals surface area contributed by atoms with Gasteiger partial charge in [-0.05, 0) is 56.9 Å². The van der Waals surface area contributed by atoms with Crippen LogP contribution in [-0.2, 0) is 9.59 Å². The number of aliphatic hydroxyl groups excluding tert-OH is 1. The van der Waals surface area contributed by atoms with E-state index in [-0.39, 0.29) is 11.3 Å². The van der Waals surface area contributed by atoms with E-state index in [4.69, 9.17) is 18.9 Å². The van der Waals surface area contributed by atoms with Crippen LogP contribution in [0.3, 0.4) is 0 Å². The van der Waals surface area contributed by atoms with Gasteiger partial charge in [0.2, 0.25) is 0 Å². The van der Waals surface area contributed by atoms with Crippen LogP contribution in [0, 0.1) is 0 Å². The third-order valence-electron chi connectivity index (χ3n) is 5.95. The fourth-order valence-electron chi connectivity index (χ4n) is 4.24. The summed E-state index contributed by atoms with van der Waals surface area (Å²) >= 11 is 0. The number of aliphatic hydroxyl groups is 1. The summed E-state index contributed by atoms with van der Waals surface area (Å²) in [6, 6.07) is 9.41. The van der Waals surface area contributed by atoms with Gasteiger partial charge < -0.3 is 33.9 Å². The molecule has 2 aliphatic rings. The highest BCUT2D eigenvalue weighted by Gasteiger charge is 2.46. The molecule has 0 bridgehead atoms. The van der Waals surface area contributed by atoms with E-state index in [1.807, 2.05) is 25.9 Å². The van der Waals surface area contributed by atoms with Gasteiger partial charge in [-0.2, -0.15) is 0 Å². The maximum Gasteiger partial charge on any atom is 0.295 e. The van der Waals surface area contributed by atoms with Gasteiger partial charge in [0.1, 0.15) is 19.0 Å². The summed E-state index contributed by atoms with van der Waals surface area (Å²) in [6.45, 7) is 4.00. The Morgan fingerprint density at radius 3 is 2.51 bits per heavy atom. The number of fused-ring (bicyclic) bond motifs is 1. The van der Waals surface area contributed by atoms with E-state index >= 15 is 0 Å². The number of carbonyl (C=O) groups is 2. The summed E-state index contributed by atoms with van der Waals surface area (Å²) in [5, 5.41) is 11.3. The lowest BCUT2D eigenvalue weighted by atomic mass is 9.94. The fourth-order valence-corrected chi connectivity index (χ4v) is 4.24. The van der Waals surface area contributed by atoms with Crippen LogP contribution in [0.1, 0.15) is 24.1 Å². The molecular formula is C26H30N2O7. The number of hydrogen-bond acceptors (Lipinski definition) is 8. The SMILES string of the molecule is CCOc1ccc([C@@H]2/C(=C(\O)c3ccc4c(c3)OCCO4)C(=O)C(=O)N2CCN(C)C)cc1OC. The first-order valence-corrected chi connectivity index (χ1v) is 11.5. The highest BCUT2D eigenvalue weighted by atomic mass is 16.6.